The molecule has 1 aromatic carbocycles. The second-order valence-electron chi connectivity index (χ2n) is 3.34. The number of hydrogen-bond donors (Lipinski definition) is 1. The van der Waals surface area contributed by atoms with Gasteiger partial charge in [0.1, 0.15) is 5.82 Å². The lowest BCUT2D eigenvalue weighted by molar-refractivity contribution is 0.173. The van der Waals surface area contributed by atoms with Crippen LogP contribution >= 0.6 is 15.9 Å². The van der Waals surface area contributed by atoms with Crippen LogP contribution in [0, 0.1) is 5.82 Å². The standard InChI is InChI=1S/C11H12BrFO/c1-7(2)5-11(14)9-6-8(12)3-4-10(9)13/h3-4,6,11,14H,1,5H2,2H3. The number of hydrogen-bond acceptors (Lipinski definition) is 1. The van der Waals surface area contributed by atoms with Crippen molar-refractivity contribution in [3.8, 4) is 0 Å². The molecule has 76 valence electrons. The summed E-state index contributed by atoms with van der Waals surface area (Å²) in [7, 11) is 0. The number of aliphatic hydroxyl groups is 1. The van der Waals surface area contributed by atoms with Gasteiger partial charge in [0.15, 0.2) is 0 Å². The van der Waals surface area contributed by atoms with Crippen molar-refractivity contribution in [3.05, 3.63) is 46.2 Å². The molecule has 14 heavy (non-hydrogen) atoms. The smallest absolute Gasteiger partial charge is 0.129 e. The molecule has 3 heteroatoms. The van der Waals surface area contributed by atoms with Crippen LogP contribution in [0.5, 0.6) is 0 Å². The van der Waals surface area contributed by atoms with Gasteiger partial charge in [-0.1, -0.05) is 21.5 Å². The molecule has 0 spiro atoms. The van der Waals surface area contributed by atoms with Gasteiger partial charge in [-0.05, 0) is 31.5 Å². The Morgan fingerprint density at radius 2 is 2.29 bits per heavy atom. The largest absolute Gasteiger partial charge is 0.388 e. The summed E-state index contributed by atoms with van der Waals surface area (Å²) in [6.45, 7) is 5.48. The van der Waals surface area contributed by atoms with E-state index < -0.39 is 6.10 Å². The highest BCUT2D eigenvalue weighted by Gasteiger charge is 2.12. The van der Waals surface area contributed by atoms with Gasteiger partial charge < -0.3 is 5.11 Å². The second-order valence-corrected chi connectivity index (χ2v) is 4.26. The fraction of sp³-hybridized carbons (Fsp3) is 0.273. The Morgan fingerprint density at radius 1 is 1.64 bits per heavy atom. The summed E-state index contributed by atoms with van der Waals surface area (Å²) in [5.74, 6) is -0.387. The highest BCUT2D eigenvalue weighted by Crippen LogP contribution is 2.25. The average Bonchev–Trinajstić information content (AvgIpc) is 2.08. The lowest BCUT2D eigenvalue weighted by Crippen LogP contribution is -2.01. The Bertz CT molecular complexity index is 349. The van der Waals surface area contributed by atoms with Crippen LogP contribution in [0.25, 0.3) is 0 Å². The summed E-state index contributed by atoms with van der Waals surface area (Å²) in [4.78, 5) is 0. The summed E-state index contributed by atoms with van der Waals surface area (Å²) in [5, 5.41) is 9.67. The molecule has 0 fully saturated rings. The summed E-state index contributed by atoms with van der Waals surface area (Å²) in [5.41, 5.74) is 1.14. The van der Waals surface area contributed by atoms with Crippen LogP contribution in [-0.4, -0.2) is 5.11 Å². The molecule has 0 saturated heterocycles. The van der Waals surface area contributed by atoms with Gasteiger partial charge in [-0.15, -0.1) is 6.58 Å². The van der Waals surface area contributed by atoms with E-state index in [-0.39, 0.29) is 5.82 Å². The van der Waals surface area contributed by atoms with E-state index in [1.807, 2.05) is 0 Å². The van der Waals surface area contributed by atoms with E-state index in [0.29, 0.717) is 12.0 Å². The van der Waals surface area contributed by atoms with Gasteiger partial charge in [-0.25, -0.2) is 4.39 Å². The second kappa shape index (κ2) is 4.71. The van der Waals surface area contributed by atoms with Crippen molar-refractivity contribution < 1.29 is 9.50 Å². The van der Waals surface area contributed by atoms with Crippen LogP contribution in [-0.2, 0) is 0 Å². The van der Waals surface area contributed by atoms with Gasteiger partial charge >= 0.3 is 0 Å². The first-order chi connectivity index (χ1) is 6.50. The number of benzene rings is 1. The van der Waals surface area contributed by atoms with Gasteiger partial charge in [0.2, 0.25) is 0 Å². The number of rotatable bonds is 3. The molecule has 1 aromatic rings. The van der Waals surface area contributed by atoms with E-state index in [0.717, 1.165) is 10.0 Å². The van der Waals surface area contributed by atoms with Crippen molar-refractivity contribution in [2.45, 2.75) is 19.4 Å². The summed E-state index contributed by atoms with van der Waals surface area (Å²) < 4.78 is 14.0. The minimum atomic E-state index is -0.815. The summed E-state index contributed by atoms with van der Waals surface area (Å²) in [6, 6.07) is 4.52. The summed E-state index contributed by atoms with van der Waals surface area (Å²) >= 11 is 3.23. The van der Waals surface area contributed by atoms with Crippen LogP contribution in [0.1, 0.15) is 25.0 Å². The van der Waals surface area contributed by atoms with Gasteiger partial charge in [-0.3, -0.25) is 0 Å². The van der Waals surface area contributed by atoms with Gasteiger partial charge in [0, 0.05) is 10.0 Å². The van der Waals surface area contributed by atoms with Crippen LogP contribution in [0.4, 0.5) is 4.39 Å². The Labute approximate surface area is 91.4 Å². The molecule has 1 unspecified atom stereocenters. The maximum atomic E-state index is 13.3. The van der Waals surface area contributed by atoms with Crippen molar-refractivity contribution in [3.63, 3.8) is 0 Å². The molecular weight excluding hydrogens is 247 g/mol. The molecule has 0 saturated carbocycles. The van der Waals surface area contributed by atoms with Crippen molar-refractivity contribution in [2.75, 3.05) is 0 Å². The van der Waals surface area contributed by atoms with Gasteiger partial charge in [-0.2, -0.15) is 0 Å². The lowest BCUT2D eigenvalue weighted by Gasteiger charge is -2.11. The van der Waals surface area contributed by atoms with Crippen LogP contribution in [0.3, 0.4) is 0 Å². The van der Waals surface area contributed by atoms with Crippen LogP contribution < -0.4 is 0 Å². The molecule has 0 bridgehead atoms. The molecule has 0 amide bonds. The van der Waals surface area contributed by atoms with E-state index >= 15 is 0 Å². The predicted octanol–water partition coefficient (Wildman–Crippen LogP) is 3.59. The van der Waals surface area contributed by atoms with Crippen molar-refractivity contribution in [1.29, 1.82) is 0 Å². The third-order valence-corrected chi connectivity index (χ3v) is 2.35. The Hall–Kier alpha value is -0.670. The maximum Gasteiger partial charge on any atom is 0.129 e. The van der Waals surface area contributed by atoms with E-state index in [1.165, 1.54) is 6.07 Å². The van der Waals surface area contributed by atoms with E-state index in [1.54, 1.807) is 19.1 Å². The third kappa shape index (κ3) is 2.93. The molecule has 0 aliphatic rings. The fourth-order valence-electron chi connectivity index (χ4n) is 1.21. The number of aliphatic hydroxyl groups excluding tert-OH is 1. The van der Waals surface area contributed by atoms with E-state index in [9.17, 15) is 9.50 Å². The Morgan fingerprint density at radius 3 is 2.86 bits per heavy atom. The van der Waals surface area contributed by atoms with Gasteiger partial charge in [0.05, 0.1) is 6.10 Å². The molecule has 0 radical (unpaired) electrons. The lowest BCUT2D eigenvalue weighted by atomic mass is 10.0. The van der Waals surface area contributed by atoms with Crippen LogP contribution in [0.2, 0.25) is 0 Å². The van der Waals surface area contributed by atoms with E-state index in [2.05, 4.69) is 22.5 Å². The van der Waals surface area contributed by atoms with Crippen molar-refractivity contribution in [1.82, 2.24) is 0 Å². The first-order valence-corrected chi connectivity index (χ1v) is 5.07. The maximum absolute atomic E-state index is 13.3. The zero-order valence-electron chi connectivity index (χ0n) is 7.93. The molecule has 1 nitrogen and oxygen atoms in total. The Kier molecular flexibility index (Phi) is 3.84. The first kappa shape index (κ1) is 11.4. The number of halogens is 2. The third-order valence-electron chi connectivity index (χ3n) is 1.86. The molecule has 0 aliphatic heterocycles. The average molecular weight is 259 g/mol. The fourth-order valence-corrected chi connectivity index (χ4v) is 1.59. The highest BCUT2D eigenvalue weighted by molar-refractivity contribution is 9.10. The molecular formula is C11H12BrFO. The van der Waals surface area contributed by atoms with E-state index in [4.69, 9.17) is 0 Å². The summed E-state index contributed by atoms with van der Waals surface area (Å²) in [6.07, 6.45) is -0.433. The molecule has 0 aromatic heterocycles. The molecule has 0 heterocycles. The monoisotopic (exact) mass is 258 g/mol. The van der Waals surface area contributed by atoms with Gasteiger partial charge in [0.25, 0.3) is 0 Å². The normalized spacial score (nSPS) is 12.6. The molecule has 1 atom stereocenters. The first-order valence-electron chi connectivity index (χ1n) is 4.28. The SMILES string of the molecule is C=C(C)CC(O)c1cc(Br)ccc1F. The minimum Gasteiger partial charge on any atom is -0.388 e. The van der Waals surface area contributed by atoms with Crippen LogP contribution in [0.15, 0.2) is 34.8 Å². The van der Waals surface area contributed by atoms with Crippen molar-refractivity contribution >= 4 is 15.9 Å². The minimum absolute atomic E-state index is 0.308. The quantitative estimate of drug-likeness (QED) is 0.822. The molecule has 1 rings (SSSR count). The molecule has 0 aliphatic carbocycles. The zero-order valence-corrected chi connectivity index (χ0v) is 9.51. The zero-order chi connectivity index (χ0) is 10.7. The topological polar surface area (TPSA) is 20.2 Å². The molecule has 1 N–H and O–H groups in total. The highest BCUT2D eigenvalue weighted by atomic mass is 79.9. The predicted molar refractivity (Wildman–Crippen MR) is 58.5 cm³/mol. The Balaban J connectivity index is 2.93. The van der Waals surface area contributed by atoms with Crippen molar-refractivity contribution in [2.24, 2.45) is 0 Å².